The molecule has 1 atom stereocenters. The van der Waals surface area contributed by atoms with Gasteiger partial charge in [-0.1, -0.05) is 32.6 Å². The molecule has 0 aromatic heterocycles. The zero-order chi connectivity index (χ0) is 12.4. The molecule has 3 nitrogen and oxygen atoms in total. The normalized spacial score (nSPS) is 12.2. The van der Waals surface area contributed by atoms with Crippen LogP contribution in [0.5, 0.6) is 0 Å². The number of allylic oxidation sites excluding steroid dienone is 1. The number of hydrogen-bond acceptors (Lipinski definition) is 3. The second-order valence-corrected chi connectivity index (χ2v) is 4.40. The van der Waals surface area contributed by atoms with E-state index in [1.165, 1.54) is 19.3 Å². The van der Waals surface area contributed by atoms with Crippen LogP contribution in [-0.4, -0.2) is 36.8 Å². The molecule has 0 bridgehead atoms. The first kappa shape index (κ1) is 15.1. The van der Waals surface area contributed by atoms with Crippen LogP contribution in [0.2, 0.25) is 0 Å². The Morgan fingerprint density at radius 2 is 2.00 bits per heavy atom. The summed E-state index contributed by atoms with van der Waals surface area (Å²) in [6.45, 7) is 2.18. The highest BCUT2D eigenvalue weighted by Crippen LogP contribution is 2.12. The van der Waals surface area contributed by atoms with Gasteiger partial charge in [-0.25, -0.2) is 4.79 Å². The average Bonchev–Trinajstić information content (AvgIpc) is 2.22. The molecule has 0 aromatic rings. The van der Waals surface area contributed by atoms with Crippen LogP contribution in [0.4, 0.5) is 0 Å². The van der Waals surface area contributed by atoms with Crippen molar-refractivity contribution in [2.75, 3.05) is 14.1 Å². The molecule has 0 aliphatic carbocycles. The fraction of sp³-hybridized carbons (Fsp3) is 0.769. The number of nitrogens with zero attached hydrogens (tertiary/aromatic N) is 1. The van der Waals surface area contributed by atoms with E-state index in [-0.39, 0.29) is 11.8 Å². The molecule has 0 aliphatic heterocycles. The molecule has 0 fully saturated rings. The Hall–Kier alpha value is -0.920. The Labute approximate surface area is 98.5 Å². The lowest BCUT2D eigenvalue weighted by Crippen LogP contribution is -2.30. The van der Waals surface area contributed by atoms with E-state index in [9.17, 15) is 9.59 Å². The molecule has 3 heteroatoms. The van der Waals surface area contributed by atoms with Crippen LogP contribution in [0.25, 0.3) is 0 Å². The molecule has 92 valence electrons. The van der Waals surface area contributed by atoms with E-state index in [4.69, 9.17) is 0 Å². The fourth-order valence-corrected chi connectivity index (χ4v) is 1.71. The summed E-state index contributed by atoms with van der Waals surface area (Å²) in [5, 5.41) is 0. The van der Waals surface area contributed by atoms with Crippen LogP contribution in [0, 0.1) is 0 Å². The highest BCUT2D eigenvalue weighted by Gasteiger charge is 2.14. The van der Waals surface area contributed by atoms with Crippen LogP contribution in [-0.2, 0) is 9.59 Å². The molecule has 1 unspecified atom stereocenters. The van der Waals surface area contributed by atoms with Crippen molar-refractivity contribution in [1.29, 1.82) is 0 Å². The minimum Gasteiger partial charge on any atom is -0.306 e. The molecule has 0 saturated carbocycles. The Balaban J connectivity index is 3.97. The lowest BCUT2D eigenvalue weighted by atomic mass is 10.0. The predicted octanol–water partition coefficient (Wildman–Crippen LogP) is 2.23. The third kappa shape index (κ3) is 7.38. The van der Waals surface area contributed by atoms with Crippen LogP contribution >= 0.6 is 0 Å². The molecule has 0 heterocycles. The van der Waals surface area contributed by atoms with Gasteiger partial charge in [0.15, 0.2) is 5.78 Å². The minimum absolute atomic E-state index is 0.121. The first-order chi connectivity index (χ1) is 7.61. The van der Waals surface area contributed by atoms with Crippen LogP contribution in [0.15, 0.2) is 6.08 Å². The summed E-state index contributed by atoms with van der Waals surface area (Å²) in [7, 11) is 3.95. The Bertz CT molecular complexity index is 242. The molecule has 0 spiro atoms. The molecule has 16 heavy (non-hydrogen) atoms. The molecule has 0 radical (unpaired) electrons. The minimum atomic E-state index is -0.121. The van der Waals surface area contributed by atoms with E-state index < -0.39 is 0 Å². The zero-order valence-corrected chi connectivity index (χ0v) is 10.7. The van der Waals surface area contributed by atoms with Crippen molar-refractivity contribution in [2.24, 2.45) is 0 Å². The van der Waals surface area contributed by atoms with Gasteiger partial charge >= 0.3 is 0 Å². The third-order valence-corrected chi connectivity index (χ3v) is 2.78. The summed E-state index contributed by atoms with van der Waals surface area (Å²) in [4.78, 5) is 23.4. The Kier molecular flexibility index (Phi) is 8.78. The Morgan fingerprint density at radius 3 is 2.50 bits per heavy atom. The highest BCUT2D eigenvalue weighted by atomic mass is 16.1. The van der Waals surface area contributed by atoms with Crippen molar-refractivity contribution < 1.29 is 9.59 Å². The topological polar surface area (TPSA) is 37.4 Å². The smallest absolute Gasteiger partial charge is 0.168 e. The summed E-state index contributed by atoms with van der Waals surface area (Å²) >= 11 is 0. The lowest BCUT2D eigenvalue weighted by Gasteiger charge is -2.23. The van der Waals surface area contributed by atoms with Crippen molar-refractivity contribution in [1.82, 2.24) is 4.90 Å². The van der Waals surface area contributed by atoms with Crippen LogP contribution in [0.3, 0.4) is 0 Å². The first-order valence-corrected chi connectivity index (χ1v) is 6.02. The van der Waals surface area contributed by atoms with Gasteiger partial charge in [-0.3, -0.25) is 4.79 Å². The molecule has 0 N–H and O–H groups in total. The van der Waals surface area contributed by atoms with E-state index in [1.807, 2.05) is 14.1 Å². The van der Waals surface area contributed by atoms with Gasteiger partial charge in [-0.15, -0.1) is 0 Å². The molecule has 0 amide bonds. The largest absolute Gasteiger partial charge is 0.306 e. The van der Waals surface area contributed by atoms with Crippen molar-refractivity contribution in [3.05, 3.63) is 6.08 Å². The molecule has 0 saturated heterocycles. The molecular formula is C13H23NO2. The molecule has 0 aliphatic rings. The number of hydrogen-bond donors (Lipinski definition) is 0. The van der Waals surface area contributed by atoms with E-state index in [1.54, 1.807) is 5.94 Å². The molecule has 0 rings (SSSR count). The maximum absolute atomic E-state index is 11.3. The van der Waals surface area contributed by atoms with Crippen molar-refractivity contribution >= 4 is 11.7 Å². The predicted molar refractivity (Wildman–Crippen MR) is 66.1 cm³/mol. The molecular weight excluding hydrogens is 202 g/mol. The summed E-state index contributed by atoms with van der Waals surface area (Å²) in [6, 6.07) is 0.244. The van der Waals surface area contributed by atoms with Crippen molar-refractivity contribution in [2.45, 2.75) is 51.5 Å². The maximum Gasteiger partial charge on any atom is 0.168 e. The third-order valence-electron chi connectivity index (χ3n) is 2.78. The standard InChI is InChI=1S/C13H23NO2/c1-4-5-6-7-8-12(14(2)3)11-13(16)9-10-15/h9,12H,4-8,11H2,1-3H3. The van der Waals surface area contributed by atoms with Gasteiger partial charge in [0, 0.05) is 12.5 Å². The summed E-state index contributed by atoms with van der Waals surface area (Å²) in [5.74, 6) is 1.42. The van der Waals surface area contributed by atoms with Gasteiger partial charge in [0.1, 0.15) is 5.94 Å². The summed E-state index contributed by atoms with van der Waals surface area (Å²) < 4.78 is 0. The maximum atomic E-state index is 11.3. The van der Waals surface area contributed by atoms with Gasteiger partial charge in [0.2, 0.25) is 0 Å². The quantitative estimate of drug-likeness (QED) is 0.343. The summed E-state index contributed by atoms with van der Waals surface area (Å²) in [5.41, 5.74) is 0. The van der Waals surface area contributed by atoms with E-state index in [0.29, 0.717) is 6.42 Å². The fourth-order valence-electron chi connectivity index (χ4n) is 1.71. The Morgan fingerprint density at radius 1 is 1.31 bits per heavy atom. The monoisotopic (exact) mass is 225 g/mol. The van der Waals surface area contributed by atoms with Crippen LogP contribution < -0.4 is 0 Å². The number of carbonyl (C=O) groups is 1. The van der Waals surface area contributed by atoms with Crippen molar-refractivity contribution in [3.63, 3.8) is 0 Å². The number of rotatable bonds is 9. The highest BCUT2D eigenvalue weighted by molar-refractivity contribution is 5.96. The second-order valence-electron chi connectivity index (χ2n) is 4.40. The SMILES string of the molecule is CCCCCCC(CC(=O)C=C=O)N(C)C. The lowest BCUT2D eigenvalue weighted by molar-refractivity contribution is -0.115. The van der Waals surface area contributed by atoms with Crippen LogP contribution in [0.1, 0.15) is 45.4 Å². The van der Waals surface area contributed by atoms with E-state index in [2.05, 4.69) is 11.8 Å². The van der Waals surface area contributed by atoms with Gasteiger partial charge in [0.25, 0.3) is 0 Å². The number of carbonyl (C=O) groups excluding carboxylic acids is 2. The zero-order valence-electron chi connectivity index (χ0n) is 10.7. The summed E-state index contributed by atoms with van der Waals surface area (Å²) in [6.07, 6.45) is 7.29. The van der Waals surface area contributed by atoms with Gasteiger partial charge in [-0.05, 0) is 20.5 Å². The van der Waals surface area contributed by atoms with Gasteiger partial charge in [0.05, 0.1) is 6.08 Å². The number of unbranched alkanes of at least 4 members (excludes halogenated alkanes) is 3. The molecule has 0 aromatic carbocycles. The van der Waals surface area contributed by atoms with E-state index in [0.717, 1.165) is 18.9 Å². The van der Waals surface area contributed by atoms with Crippen molar-refractivity contribution in [3.8, 4) is 0 Å². The van der Waals surface area contributed by atoms with E-state index >= 15 is 0 Å². The van der Waals surface area contributed by atoms with Gasteiger partial charge < -0.3 is 4.90 Å². The number of ketones is 1. The average molecular weight is 225 g/mol. The first-order valence-electron chi connectivity index (χ1n) is 6.02. The second kappa shape index (κ2) is 9.32. The van der Waals surface area contributed by atoms with Gasteiger partial charge in [-0.2, -0.15) is 0 Å².